The molecule has 0 aromatic carbocycles. The second-order valence-electron chi connectivity index (χ2n) is 3.30. The quantitative estimate of drug-likeness (QED) is 0.425. The number of ether oxygens (including phenoxy) is 1. The maximum absolute atomic E-state index is 11.2. The van der Waals surface area contributed by atoms with E-state index in [0.29, 0.717) is 12.5 Å². The highest BCUT2D eigenvalue weighted by atomic mass is 16.5. The van der Waals surface area contributed by atoms with Gasteiger partial charge in [-0.15, -0.1) is 0 Å². The van der Waals surface area contributed by atoms with Gasteiger partial charge in [0.25, 0.3) is 0 Å². The fourth-order valence-electron chi connectivity index (χ4n) is 1.44. The first-order valence-corrected chi connectivity index (χ1v) is 3.97. The van der Waals surface area contributed by atoms with E-state index in [2.05, 4.69) is 6.58 Å². The highest BCUT2D eigenvalue weighted by Crippen LogP contribution is 2.26. The van der Waals surface area contributed by atoms with Gasteiger partial charge in [-0.05, 0) is 5.92 Å². The van der Waals surface area contributed by atoms with Crippen LogP contribution in [0, 0.1) is 11.8 Å². The predicted octanol–water partition coefficient (Wildman–Crippen LogP) is 1.76. The van der Waals surface area contributed by atoms with Crippen molar-refractivity contribution in [3.8, 4) is 0 Å². The van der Waals surface area contributed by atoms with Crippen molar-refractivity contribution in [3.63, 3.8) is 0 Å². The fraction of sp³-hybridized carbons (Fsp3) is 0.667. The molecule has 0 radical (unpaired) electrons. The lowest BCUT2D eigenvalue weighted by atomic mass is 9.86. The molecule has 11 heavy (non-hydrogen) atoms. The Morgan fingerprint density at radius 2 is 2.27 bits per heavy atom. The number of hydrogen-bond acceptors (Lipinski definition) is 2. The number of carbonyl (C=O) groups is 1. The molecule has 0 spiro atoms. The minimum Gasteiger partial charge on any atom is -0.465 e. The molecule has 0 saturated carbocycles. The van der Waals surface area contributed by atoms with E-state index < -0.39 is 0 Å². The van der Waals surface area contributed by atoms with Crippen molar-refractivity contribution in [3.05, 3.63) is 12.2 Å². The van der Waals surface area contributed by atoms with E-state index >= 15 is 0 Å². The summed E-state index contributed by atoms with van der Waals surface area (Å²) in [5.74, 6) is 0.148. The van der Waals surface area contributed by atoms with Crippen LogP contribution in [0.25, 0.3) is 0 Å². The third kappa shape index (κ3) is 1.62. The third-order valence-corrected chi connectivity index (χ3v) is 2.03. The van der Waals surface area contributed by atoms with Crippen LogP contribution in [0.5, 0.6) is 0 Å². The topological polar surface area (TPSA) is 26.3 Å². The second kappa shape index (κ2) is 3.07. The third-order valence-electron chi connectivity index (χ3n) is 2.03. The molecule has 0 aromatic heterocycles. The normalized spacial score (nSPS) is 25.5. The summed E-state index contributed by atoms with van der Waals surface area (Å²) in [6.45, 7) is 8.41. The highest BCUT2D eigenvalue weighted by Gasteiger charge is 2.29. The van der Waals surface area contributed by atoms with Gasteiger partial charge in [-0.3, -0.25) is 4.79 Å². The van der Waals surface area contributed by atoms with Crippen LogP contribution in [0.4, 0.5) is 0 Å². The monoisotopic (exact) mass is 154 g/mol. The Kier molecular flexibility index (Phi) is 2.32. The zero-order valence-corrected chi connectivity index (χ0v) is 7.09. The number of hydrogen-bond donors (Lipinski definition) is 0. The molecule has 1 saturated heterocycles. The Hall–Kier alpha value is -0.790. The molecule has 62 valence electrons. The SMILES string of the molecule is C=C1CCOC(=O)C1C(C)C. The number of carbonyl (C=O) groups excluding carboxylic acids is 1. The molecule has 0 aliphatic carbocycles. The Balaban J connectivity index is 2.71. The summed E-state index contributed by atoms with van der Waals surface area (Å²) in [4.78, 5) is 11.2. The molecule has 1 unspecified atom stereocenters. The van der Waals surface area contributed by atoms with Crippen LogP contribution >= 0.6 is 0 Å². The van der Waals surface area contributed by atoms with Gasteiger partial charge in [0.05, 0.1) is 12.5 Å². The zero-order valence-electron chi connectivity index (χ0n) is 7.09. The Morgan fingerprint density at radius 3 is 2.64 bits per heavy atom. The molecule has 1 aliphatic heterocycles. The second-order valence-corrected chi connectivity index (χ2v) is 3.30. The molecular formula is C9H14O2. The van der Waals surface area contributed by atoms with E-state index in [1.165, 1.54) is 0 Å². The van der Waals surface area contributed by atoms with E-state index in [4.69, 9.17) is 4.74 Å². The van der Waals surface area contributed by atoms with Gasteiger partial charge in [0.15, 0.2) is 0 Å². The van der Waals surface area contributed by atoms with Crippen molar-refractivity contribution in [2.45, 2.75) is 20.3 Å². The lowest BCUT2D eigenvalue weighted by Crippen LogP contribution is -2.29. The molecule has 1 aliphatic rings. The molecule has 1 heterocycles. The molecule has 1 fully saturated rings. The van der Waals surface area contributed by atoms with Crippen LogP contribution in [0.1, 0.15) is 20.3 Å². The maximum Gasteiger partial charge on any atom is 0.313 e. The lowest BCUT2D eigenvalue weighted by Gasteiger charge is -2.26. The molecule has 0 amide bonds. The van der Waals surface area contributed by atoms with Crippen LogP contribution in [-0.4, -0.2) is 12.6 Å². The summed E-state index contributed by atoms with van der Waals surface area (Å²) in [6.07, 6.45) is 0.828. The van der Waals surface area contributed by atoms with Crippen LogP contribution in [0.15, 0.2) is 12.2 Å². The summed E-state index contributed by atoms with van der Waals surface area (Å²) in [7, 11) is 0. The standard InChI is InChI=1S/C9H14O2/c1-6(2)8-7(3)4-5-11-9(8)10/h6,8H,3-5H2,1-2H3. The average molecular weight is 154 g/mol. The van der Waals surface area contributed by atoms with Crippen molar-refractivity contribution >= 4 is 5.97 Å². The molecule has 1 atom stereocenters. The zero-order chi connectivity index (χ0) is 8.43. The van der Waals surface area contributed by atoms with E-state index in [-0.39, 0.29) is 11.9 Å². The molecule has 0 N–H and O–H groups in total. The molecule has 0 bridgehead atoms. The molecule has 2 heteroatoms. The Labute approximate surface area is 67.2 Å². The van der Waals surface area contributed by atoms with Crippen LogP contribution in [0.3, 0.4) is 0 Å². The summed E-state index contributed by atoms with van der Waals surface area (Å²) >= 11 is 0. The summed E-state index contributed by atoms with van der Waals surface area (Å²) in [5.41, 5.74) is 1.02. The molecular weight excluding hydrogens is 140 g/mol. The van der Waals surface area contributed by atoms with E-state index in [9.17, 15) is 4.79 Å². The van der Waals surface area contributed by atoms with Gasteiger partial charge in [0, 0.05) is 6.42 Å². The van der Waals surface area contributed by atoms with E-state index in [0.717, 1.165) is 12.0 Å². The highest BCUT2D eigenvalue weighted by molar-refractivity contribution is 5.76. The van der Waals surface area contributed by atoms with Gasteiger partial charge in [0.1, 0.15) is 0 Å². The fourth-order valence-corrected chi connectivity index (χ4v) is 1.44. The van der Waals surface area contributed by atoms with E-state index in [1.807, 2.05) is 13.8 Å². The minimum absolute atomic E-state index is 0.0660. The van der Waals surface area contributed by atoms with Crippen molar-refractivity contribution in [2.75, 3.05) is 6.61 Å². The van der Waals surface area contributed by atoms with Crippen molar-refractivity contribution in [2.24, 2.45) is 11.8 Å². The number of esters is 1. The minimum atomic E-state index is -0.101. The Morgan fingerprint density at radius 1 is 1.64 bits per heavy atom. The van der Waals surface area contributed by atoms with Crippen molar-refractivity contribution < 1.29 is 9.53 Å². The van der Waals surface area contributed by atoms with Gasteiger partial charge in [0.2, 0.25) is 0 Å². The van der Waals surface area contributed by atoms with Gasteiger partial charge in [-0.25, -0.2) is 0 Å². The lowest BCUT2D eigenvalue weighted by molar-refractivity contribution is -0.151. The first kappa shape index (κ1) is 8.31. The number of cyclic esters (lactones) is 1. The molecule has 2 nitrogen and oxygen atoms in total. The largest absolute Gasteiger partial charge is 0.465 e. The average Bonchev–Trinajstić information content (AvgIpc) is 1.85. The van der Waals surface area contributed by atoms with Gasteiger partial charge < -0.3 is 4.74 Å². The summed E-state index contributed by atoms with van der Waals surface area (Å²) in [5, 5.41) is 0. The maximum atomic E-state index is 11.2. The van der Waals surface area contributed by atoms with E-state index in [1.54, 1.807) is 0 Å². The smallest absolute Gasteiger partial charge is 0.313 e. The molecule has 1 rings (SSSR count). The van der Waals surface area contributed by atoms with Gasteiger partial charge >= 0.3 is 5.97 Å². The number of rotatable bonds is 1. The first-order valence-electron chi connectivity index (χ1n) is 3.97. The van der Waals surface area contributed by atoms with Gasteiger partial charge in [-0.1, -0.05) is 26.0 Å². The first-order chi connectivity index (χ1) is 5.13. The van der Waals surface area contributed by atoms with Crippen molar-refractivity contribution in [1.82, 2.24) is 0 Å². The summed E-state index contributed by atoms with van der Waals surface area (Å²) < 4.78 is 4.92. The Bertz CT molecular complexity index is 166. The van der Waals surface area contributed by atoms with Crippen LogP contribution in [-0.2, 0) is 9.53 Å². The predicted molar refractivity (Wildman–Crippen MR) is 43.0 cm³/mol. The molecule has 0 aromatic rings. The van der Waals surface area contributed by atoms with Crippen molar-refractivity contribution in [1.29, 1.82) is 0 Å². The van der Waals surface area contributed by atoms with Crippen LogP contribution in [0.2, 0.25) is 0 Å². The summed E-state index contributed by atoms with van der Waals surface area (Å²) in [6, 6.07) is 0. The van der Waals surface area contributed by atoms with Crippen LogP contribution < -0.4 is 0 Å². The van der Waals surface area contributed by atoms with Gasteiger partial charge in [-0.2, -0.15) is 0 Å².